The average Bonchev–Trinajstić information content (AvgIpc) is 3.14. The number of ether oxygens (including phenoxy) is 2. The number of urea groups is 1. The van der Waals surface area contributed by atoms with Gasteiger partial charge in [0.15, 0.2) is 11.5 Å². The lowest BCUT2D eigenvalue weighted by atomic mass is 10.2. The van der Waals surface area contributed by atoms with Gasteiger partial charge in [-0.3, -0.25) is 4.98 Å². The second-order valence-electron chi connectivity index (χ2n) is 6.06. The van der Waals surface area contributed by atoms with Gasteiger partial charge in [-0.2, -0.15) is 0 Å². The van der Waals surface area contributed by atoms with Crippen molar-refractivity contribution in [2.45, 2.75) is 38.3 Å². The van der Waals surface area contributed by atoms with Crippen LogP contribution in [0.25, 0.3) is 0 Å². The van der Waals surface area contributed by atoms with E-state index >= 15 is 0 Å². The van der Waals surface area contributed by atoms with Gasteiger partial charge in [-0.15, -0.1) is 0 Å². The van der Waals surface area contributed by atoms with Crippen molar-refractivity contribution >= 4 is 11.7 Å². The van der Waals surface area contributed by atoms with Gasteiger partial charge in [-0.05, 0) is 49.4 Å². The molecule has 2 aromatic rings. The highest BCUT2D eigenvalue weighted by Crippen LogP contribution is 2.33. The lowest BCUT2D eigenvalue weighted by Gasteiger charge is -2.17. The third-order valence-corrected chi connectivity index (χ3v) is 4.19. The molecule has 6 nitrogen and oxygen atoms in total. The zero-order chi connectivity index (χ0) is 17.5. The maximum atomic E-state index is 12.1. The van der Waals surface area contributed by atoms with Crippen molar-refractivity contribution in [3.05, 3.63) is 48.3 Å². The molecular weight excluding hydrogens is 318 g/mol. The summed E-state index contributed by atoms with van der Waals surface area (Å²) in [5.41, 5.74) is 1.61. The minimum absolute atomic E-state index is 0.226. The van der Waals surface area contributed by atoms with Crippen molar-refractivity contribution in [3.63, 3.8) is 0 Å². The first-order valence-corrected chi connectivity index (χ1v) is 8.53. The molecule has 0 spiro atoms. The van der Waals surface area contributed by atoms with Gasteiger partial charge in [-0.1, -0.05) is 6.07 Å². The first kappa shape index (κ1) is 17.1. The number of aromatic nitrogens is 1. The van der Waals surface area contributed by atoms with E-state index < -0.39 is 0 Å². The number of nitrogens with one attached hydrogen (secondary N) is 2. The van der Waals surface area contributed by atoms with Crippen LogP contribution < -0.4 is 20.1 Å². The number of amides is 2. The normalized spacial score (nSPS) is 14.1. The van der Waals surface area contributed by atoms with E-state index in [1.807, 2.05) is 12.1 Å². The summed E-state index contributed by atoms with van der Waals surface area (Å²) in [6.45, 7) is 0.418. The van der Waals surface area contributed by atoms with E-state index in [0.29, 0.717) is 23.7 Å². The van der Waals surface area contributed by atoms with Crippen LogP contribution in [0.1, 0.15) is 31.2 Å². The van der Waals surface area contributed by atoms with Crippen molar-refractivity contribution in [1.29, 1.82) is 0 Å². The maximum absolute atomic E-state index is 12.1. The monoisotopic (exact) mass is 341 g/mol. The Labute approximate surface area is 147 Å². The number of benzene rings is 1. The van der Waals surface area contributed by atoms with Crippen molar-refractivity contribution in [2.24, 2.45) is 0 Å². The Bertz CT molecular complexity index is 700. The summed E-state index contributed by atoms with van der Waals surface area (Å²) in [6, 6.07) is 8.88. The molecule has 1 saturated carbocycles. The molecule has 0 radical (unpaired) electrons. The number of methoxy groups -OCH3 is 1. The summed E-state index contributed by atoms with van der Waals surface area (Å²) in [5.74, 6) is 1.34. The summed E-state index contributed by atoms with van der Waals surface area (Å²) < 4.78 is 11.4. The van der Waals surface area contributed by atoms with Gasteiger partial charge in [0, 0.05) is 30.7 Å². The molecule has 1 aliphatic carbocycles. The van der Waals surface area contributed by atoms with E-state index in [1.54, 1.807) is 37.7 Å². The Morgan fingerprint density at radius 2 is 2.08 bits per heavy atom. The largest absolute Gasteiger partial charge is 0.493 e. The van der Waals surface area contributed by atoms with Crippen LogP contribution in [0.5, 0.6) is 11.5 Å². The number of carbonyl (C=O) groups excluding carboxylic acids is 1. The van der Waals surface area contributed by atoms with Crippen molar-refractivity contribution in [2.75, 3.05) is 12.4 Å². The van der Waals surface area contributed by atoms with Gasteiger partial charge < -0.3 is 20.1 Å². The Balaban J connectivity index is 1.60. The SMILES string of the molecule is COc1ccc(NC(=O)NCc2cccnc2)cc1OC1CCCC1. The number of nitrogens with zero attached hydrogens (tertiary/aromatic N) is 1. The van der Waals surface area contributed by atoms with Crippen LogP contribution in [0.4, 0.5) is 10.5 Å². The lowest BCUT2D eigenvalue weighted by molar-refractivity contribution is 0.201. The van der Waals surface area contributed by atoms with Crippen molar-refractivity contribution in [3.8, 4) is 11.5 Å². The van der Waals surface area contributed by atoms with E-state index in [4.69, 9.17) is 9.47 Å². The van der Waals surface area contributed by atoms with Gasteiger partial charge >= 0.3 is 6.03 Å². The second-order valence-corrected chi connectivity index (χ2v) is 6.06. The molecule has 0 unspecified atom stereocenters. The third kappa shape index (κ3) is 4.86. The standard InChI is InChI=1S/C19H23N3O3/c1-24-17-9-8-15(11-18(17)25-16-6-2-3-7-16)22-19(23)21-13-14-5-4-10-20-12-14/h4-5,8-12,16H,2-3,6-7,13H2,1H3,(H2,21,22,23). The lowest BCUT2D eigenvalue weighted by Crippen LogP contribution is -2.28. The molecular formula is C19H23N3O3. The quantitative estimate of drug-likeness (QED) is 0.840. The van der Waals surface area contributed by atoms with Gasteiger partial charge in [-0.25, -0.2) is 4.79 Å². The molecule has 132 valence electrons. The first-order chi connectivity index (χ1) is 12.2. The minimum Gasteiger partial charge on any atom is -0.493 e. The highest BCUT2D eigenvalue weighted by Gasteiger charge is 2.18. The molecule has 0 saturated heterocycles. The third-order valence-electron chi connectivity index (χ3n) is 4.19. The highest BCUT2D eigenvalue weighted by molar-refractivity contribution is 5.89. The van der Waals surface area contributed by atoms with Crippen molar-refractivity contribution in [1.82, 2.24) is 10.3 Å². The number of hydrogen-bond donors (Lipinski definition) is 2. The highest BCUT2D eigenvalue weighted by atomic mass is 16.5. The number of rotatable bonds is 6. The fourth-order valence-electron chi connectivity index (χ4n) is 2.89. The molecule has 1 heterocycles. The zero-order valence-electron chi connectivity index (χ0n) is 14.3. The van der Waals surface area contributed by atoms with Gasteiger partial charge in [0.2, 0.25) is 0 Å². The Kier molecular flexibility index (Phi) is 5.72. The van der Waals surface area contributed by atoms with Gasteiger partial charge in [0.25, 0.3) is 0 Å². The molecule has 1 fully saturated rings. The first-order valence-electron chi connectivity index (χ1n) is 8.53. The molecule has 1 aliphatic rings. The predicted molar refractivity (Wildman–Crippen MR) is 96.0 cm³/mol. The van der Waals surface area contributed by atoms with E-state index in [0.717, 1.165) is 18.4 Å². The summed E-state index contributed by atoms with van der Waals surface area (Å²) in [5, 5.41) is 5.63. The van der Waals surface area contributed by atoms with Crippen LogP contribution >= 0.6 is 0 Å². The number of pyridine rings is 1. The predicted octanol–water partition coefficient (Wildman–Crippen LogP) is 3.73. The summed E-state index contributed by atoms with van der Waals surface area (Å²) in [6.07, 6.45) is 8.17. The maximum Gasteiger partial charge on any atom is 0.319 e. The molecule has 3 rings (SSSR count). The van der Waals surface area contributed by atoms with E-state index in [9.17, 15) is 4.79 Å². The van der Waals surface area contributed by atoms with Crippen LogP contribution in [0.2, 0.25) is 0 Å². The fraction of sp³-hybridized carbons (Fsp3) is 0.368. The molecule has 25 heavy (non-hydrogen) atoms. The van der Waals surface area contributed by atoms with Crippen LogP contribution in [-0.2, 0) is 6.54 Å². The number of carbonyl (C=O) groups is 1. The van der Waals surface area contributed by atoms with E-state index in [2.05, 4.69) is 15.6 Å². The molecule has 1 aromatic carbocycles. The second kappa shape index (κ2) is 8.37. The van der Waals surface area contributed by atoms with Gasteiger partial charge in [0.1, 0.15) is 0 Å². The van der Waals surface area contributed by atoms with E-state index in [-0.39, 0.29) is 12.1 Å². The topological polar surface area (TPSA) is 72.5 Å². The molecule has 6 heteroatoms. The van der Waals surface area contributed by atoms with Crippen LogP contribution in [0.15, 0.2) is 42.7 Å². The Morgan fingerprint density at radius 3 is 2.80 bits per heavy atom. The molecule has 0 aliphatic heterocycles. The smallest absolute Gasteiger partial charge is 0.319 e. The summed E-state index contributed by atoms with van der Waals surface area (Å²) in [4.78, 5) is 16.1. The molecule has 1 aromatic heterocycles. The Hall–Kier alpha value is -2.76. The molecule has 0 atom stereocenters. The zero-order valence-corrected chi connectivity index (χ0v) is 14.3. The summed E-state index contributed by atoms with van der Waals surface area (Å²) in [7, 11) is 1.62. The molecule has 2 amide bonds. The van der Waals surface area contributed by atoms with Gasteiger partial charge in [0.05, 0.1) is 13.2 Å². The fourth-order valence-corrected chi connectivity index (χ4v) is 2.89. The minimum atomic E-state index is -0.277. The van der Waals surface area contributed by atoms with Crippen LogP contribution in [0, 0.1) is 0 Å². The average molecular weight is 341 g/mol. The van der Waals surface area contributed by atoms with E-state index in [1.165, 1.54) is 12.8 Å². The number of anilines is 1. The number of hydrogen-bond acceptors (Lipinski definition) is 4. The van der Waals surface area contributed by atoms with Crippen LogP contribution in [0.3, 0.4) is 0 Å². The van der Waals surface area contributed by atoms with Crippen LogP contribution in [-0.4, -0.2) is 24.2 Å². The molecule has 2 N–H and O–H groups in total. The summed E-state index contributed by atoms with van der Waals surface area (Å²) >= 11 is 0. The Morgan fingerprint density at radius 1 is 1.24 bits per heavy atom. The van der Waals surface area contributed by atoms with Crippen molar-refractivity contribution < 1.29 is 14.3 Å². The molecule has 0 bridgehead atoms.